The monoisotopic (exact) mass is 580 g/mol. The maximum absolute atomic E-state index is 14.2. The number of carbonyl (C=O) groups is 2. The van der Waals surface area contributed by atoms with Crippen LogP contribution in [-0.4, -0.2) is 53.3 Å². The molecule has 1 atom stereocenters. The number of hydrogen-bond acceptors (Lipinski definition) is 6. The number of aromatic nitrogens is 1. The summed E-state index contributed by atoms with van der Waals surface area (Å²) in [6.45, 7) is 1.35. The minimum absolute atomic E-state index is 0.135. The Morgan fingerprint density at radius 1 is 0.953 bits per heavy atom. The van der Waals surface area contributed by atoms with Gasteiger partial charge in [0.1, 0.15) is 29.9 Å². The lowest BCUT2D eigenvalue weighted by atomic mass is 9.81. The van der Waals surface area contributed by atoms with E-state index in [1.807, 2.05) is 30.3 Å². The molecule has 0 unspecified atom stereocenters. The molecule has 0 saturated heterocycles. The first kappa shape index (κ1) is 27.4. The van der Waals surface area contributed by atoms with Crippen LogP contribution in [0.4, 0.5) is 0 Å². The number of rotatable bonds is 4. The van der Waals surface area contributed by atoms with Crippen LogP contribution in [0.5, 0.6) is 17.2 Å². The summed E-state index contributed by atoms with van der Waals surface area (Å²) in [6, 6.07) is 16.3. The molecule has 3 aromatic carbocycles. The topological polar surface area (TPSA) is 90.2 Å². The number of amides is 1. The fourth-order valence-electron chi connectivity index (χ4n) is 7.32. The van der Waals surface area contributed by atoms with Crippen molar-refractivity contribution in [2.24, 2.45) is 0 Å². The number of phenolic OH excluding ortho intramolecular Hbond substituents is 1. The standard InChI is InChI=1S/C35H36N2O6/c1-41-26-11-13-28-31(19-26)43-15-14-36-29-18-23(9-12-27(29)32(33(28)36)21-6-4-3-5-7-21)34(39)37-20-24-16-25(38)10-8-22(24)17-30(37)35(40)42-2/h8-13,16,18-19,21,30,38H,3-7,14-15,17,20H2,1-2H3/t30-/m0/s1. The summed E-state index contributed by atoms with van der Waals surface area (Å²) in [7, 11) is 3.01. The fraction of sp³-hybridized carbons (Fsp3) is 0.371. The molecule has 1 saturated carbocycles. The molecular weight excluding hydrogens is 544 g/mol. The van der Waals surface area contributed by atoms with Gasteiger partial charge in [0.2, 0.25) is 0 Å². The van der Waals surface area contributed by atoms with Gasteiger partial charge in [-0.05, 0) is 71.8 Å². The van der Waals surface area contributed by atoms with Crippen LogP contribution in [0.2, 0.25) is 0 Å². The lowest BCUT2D eigenvalue weighted by Crippen LogP contribution is -2.49. The third kappa shape index (κ3) is 4.69. The van der Waals surface area contributed by atoms with Crippen molar-refractivity contribution < 1.29 is 28.9 Å². The molecule has 222 valence electrons. The molecule has 1 N–H and O–H groups in total. The molecule has 1 amide bonds. The summed E-state index contributed by atoms with van der Waals surface area (Å²) in [5, 5.41) is 11.3. The fourth-order valence-corrected chi connectivity index (χ4v) is 7.32. The maximum atomic E-state index is 14.2. The Morgan fingerprint density at radius 2 is 1.79 bits per heavy atom. The predicted molar refractivity (Wildman–Crippen MR) is 163 cm³/mol. The Bertz CT molecular complexity index is 1730. The molecule has 1 aromatic heterocycles. The first-order valence-corrected chi connectivity index (χ1v) is 15.1. The molecule has 8 nitrogen and oxygen atoms in total. The molecule has 8 heteroatoms. The van der Waals surface area contributed by atoms with E-state index in [0.29, 0.717) is 31.1 Å². The van der Waals surface area contributed by atoms with Crippen LogP contribution in [0.15, 0.2) is 54.6 Å². The van der Waals surface area contributed by atoms with E-state index in [1.54, 1.807) is 24.1 Å². The van der Waals surface area contributed by atoms with Crippen LogP contribution in [-0.2, 0) is 29.0 Å². The zero-order chi connectivity index (χ0) is 29.7. The van der Waals surface area contributed by atoms with Crippen LogP contribution in [0.3, 0.4) is 0 Å². The van der Waals surface area contributed by atoms with Gasteiger partial charge in [-0.3, -0.25) is 4.79 Å². The van der Waals surface area contributed by atoms with E-state index < -0.39 is 12.0 Å². The van der Waals surface area contributed by atoms with E-state index in [0.717, 1.165) is 52.2 Å². The van der Waals surface area contributed by atoms with Gasteiger partial charge in [-0.1, -0.05) is 31.4 Å². The van der Waals surface area contributed by atoms with E-state index in [1.165, 1.54) is 37.3 Å². The lowest BCUT2D eigenvalue weighted by molar-refractivity contribution is -0.146. The zero-order valence-electron chi connectivity index (χ0n) is 24.6. The van der Waals surface area contributed by atoms with Gasteiger partial charge in [0.05, 0.1) is 26.5 Å². The van der Waals surface area contributed by atoms with Crippen molar-refractivity contribution in [3.63, 3.8) is 0 Å². The average Bonchev–Trinajstić information content (AvgIpc) is 3.24. The molecule has 3 heterocycles. The number of hydrogen-bond donors (Lipinski definition) is 1. The molecule has 0 bridgehead atoms. The van der Waals surface area contributed by atoms with Gasteiger partial charge in [-0.2, -0.15) is 0 Å². The summed E-state index contributed by atoms with van der Waals surface area (Å²) in [5.74, 6) is 1.44. The van der Waals surface area contributed by atoms with Crippen molar-refractivity contribution in [1.82, 2.24) is 9.47 Å². The van der Waals surface area contributed by atoms with Crippen LogP contribution < -0.4 is 9.47 Å². The Labute approximate surface area is 250 Å². The van der Waals surface area contributed by atoms with E-state index in [2.05, 4.69) is 16.7 Å². The molecule has 7 rings (SSSR count). The van der Waals surface area contributed by atoms with Crippen molar-refractivity contribution in [2.45, 2.75) is 63.6 Å². The number of phenols is 1. The summed E-state index contributed by atoms with van der Waals surface area (Å²) in [4.78, 5) is 28.6. The molecule has 0 spiro atoms. The van der Waals surface area contributed by atoms with Crippen LogP contribution in [0, 0.1) is 0 Å². The van der Waals surface area contributed by atoms with Crippen molar-refractivity contribution >= 4 is 22.8 Å². The number of benzene rings is 3. The third-order valence-electron chi connectivity index (χ3n) is 9.43. The first-order valence-electron chi connectivity index (χ1n) is 15.1. The van der Waals surface area contributed by atoms with Crippen molar-refractivity contribution in [2.75, 3.05) is 20.8 Å². The van der Waals surface area contributed by atoms with Crippen molar-refractivity contribution in [3.05, 3.63) is 76.9 Å². The van der Waals surface area contributed by atoms with E-state index in [-0.39, 0.29) is 18.2 Å². The number of esters is 1. The molecular formula is C35H36N2O6. The molecule has 4 aromatic rings. The molecule has 1 fully saturated rings. The van der Waals surface area contributed by atoms with Crippen LogP contribution in [0.25, 0.3) is 22.2 Å². The van der Waals surface area contributed by atoms with Crippen molar-refractivity contribution in [3.8, 4) is 28.5 Å². The number of fused-ring (bicyclic) bond motifs is 6. The van der Waals surface area contributed by atoms with Gasteiger partial charge in [0.25, 0.3) is 5.91 Å². The molecule has 43 heavy (non-hydrogen) atoms. The maximum Gasteiger partial charge on any atom is 0.328 e. The number of methoxy groups -OCH3 is 2. The van der Waals surface area contributed by atoms with E-state index in [9.17, 15) is 14.7 Å². The second-order valence-corrected chi connectivity index (χ2v) is 11.8. The summed E-state index contributed by atoms with van der Waals surface area (Å²) < 4.78 is 19.2. The number of aromatic hydroxyl groups is 1. The largest absolute Gasteiger partial charge is 0.508 e. The Morgan fingerprint density at radius 3 is 2.58 bits per heavy atom. The highest BCUT2D eigenvalue weighted by Gasteiger charge is 2.37. The van der Waals surface area contributed by atoms with Gasteiger partial charge in [0.15, 0.2) is 0 Å². The van der Waals surface area contributed by atoms with E-state index >= 15 is 0 Å². The lowest BCUT2D eigenvalue weighted by Gasteiger charge is -2.35. The molecule has 2 aliphatic heterocycles. The second kappa shape index (κ2) is 11.0. The first-order chi connectivity index (χ1) is 21.0. The average molecular weight is 581 g/mol. The number of nitrogens with zero attached hydrogens (tertiary/aromatic N) is 2. The normalized spacial score (nSPS) is 18.2. The van der Waals surface area contributed by atoms with Gasteiger partial charge in [-0.25, -0.2) is 4.79 Å². The van der Waals surface area contributed by atoms with Gasteiger partial charge in [-0.15, -0.1) is 0 Å². The highest BCUT2D eigenvalue weighted by Crippen LogP contribution is 2.48. The van der Waals surface area contributed by atoms with Gasteiger partial charge >= 0.3 is 5.97 Å². The number of carbonyl (C=O) groups excluding carboxylic acids is 2. The number of ether oxygens (including phenoxy) is 3. The highest BCUT2D eigenvalue weighted by atomic mass is 16.5. The minimum atomic E-state index is -0.747. The highest BCUT2D eigenvalue weighted by molar-refractivity contribution is 6.02. The summed E-state index contributed by atoms with van der Waals surface area (Å²) in [5.41, 5.74) is 6.81. The van der Waals surface area contributed by atoms with Crippen LogP contribution in [0.1, 0.15) is 65.1 Å². The SMILES string of the molecule is COC(=O)[C@@H]1Cc2ccc(O)cc2CN1C(=O)c1ccc2c(C3CCCCC3)c3n(c2c1)CCOc1cc(OC)ccc1-3. The predicted octanol–water partition coefficient (Wildman–Crippen LogP) is 6.20. The van der Waals surface area contributed by atoms with E-state index in [4.69, 9.17) is 14.2 Å². The Kier molecular flexibility index (Phi) is 7.00. The molecule has 1 aliphatic carbocycles. The smallest absolute Gasteiger partial charge is 0.328 e. The summed E-state index contributed by atoms with van der Waals surface area (Å²) >= 11 is 0. The Hall–Kier alpha value is -4.46. The molecule has 0 radical (unpaired) electrons. The Balaban J connectivity index is 1.36. The summed E-state index contributed by atoms with van der Waals surface area (Å²) in [6.07, 6.45) is 6.29. The second-order valence-electron chi connectivity index (χ2n) is 11.8. The van der Waals surface area contributed by atoms with Crippen LogP contribution >= 0.6 is 0 Å². The van der Waals surface area contributed by atoms with Gasteiger partial charge < -0.3 is 28.8 Å². The zero-order valence-corrected chi connectivity index (χ0v) is 24.6. The molecule has 3 aliphatic rings. The van der Waals surface area contributed by atoms with Crippen molar-refractivity contribution in [1.29, 1.82) is 0 Å². The quantitative estimate of drug-likeness (QED) is 0.289. The minimum Gasteiger partial charge on any atom is -0.508 e. The third-order valence-corrected chi connectivity index (χ3v) is 9.43. The van der Waals surface area contributed by atoms with Gasteiger partial charge in [0, 0.05) is 41.1 Å².